The summed E-state index contributed by atoms with van der Waals surface area (Å²) < 4.78 is 1.58. The van der Waals surface area contributed by atoms with Crippen LogP contribution in [-0.4, -0.2) is 27.0 Å². The molecule has 8 nitrogen and oxygen atoms in total. The maximum Gasteiger partial charge on any atom is 0.294 e. The van der Waals surface area contributed by atoms with Crippen molar-refractivity contribution in [1.29, 1.82) is 0 Å². The summed E-state index contributed by atoms with van der Waals surface area (Å²) in [7, 11) is 0. The SMILES string of the molecule is Cc1nc(N)ccc1CNC(=O)C1CCc2cnc(NCC(c3ccccc3)c3ccccc3)c(=O)n21. The van der Waals surface area contributed by atoms with Crippen LogP contribution in [0.1, 0.15) is 46.5 Å². The van der Waals surface area contributed by atoms with Gasteiger partial charge >= 0.3 is 0 Å². The van der Waals surface area contributed by atoms with E-state index in [1.165, 1.54) is 0 Å². The Morgan fingerprint density at radius 3 is 2.38 bits per heavy atom. The average molecular weight is 495 g/mol. The fourth-order valence-electron chi connectivity index (χ4n) is 4.90. The first-order valence-electron chi connectivity index (χ1n) is 12.4. The number of hydrogen-bond donors (Lipinski definition) is 3. The van der Waals surface area contributed by atoms with Crippen LogP contribution < -0.4 is 21.9 Å². The molecule has 0 aliphatic carbocycles. The highest BCUT2D eigenvalue weighted by Gasteiger charge is 2.30. The summed E-state index contributed by atoms with van der Waals surface area (Å²) in [5.41, 5.74) is 10.2. The number of aromatic nitrogens is 3. The number of amides is 1. The van der Waals surface area contributed by atoms with Crippen LogP contribution in [-0.2, 0) is 17.8 Å². The summed E-state index contributed by atoms with van der Waals surface area (Å²) in [6.45, 7) is 2.68. The van der Waals surface area contributed by atoms with Crippen molar-refractivity contribution in [3.63, 3.8) is 0 Å². The zero-order chi connectivity index (χ0) is 25.8. The fourth-order valence-corrected chi connectivity index (χ4v) is 4.90. The van der Waals surface area contributed by atoms with Crippen LogP contribution in [0.2, 0.25) is 0 Å². The van der Waals surface area contributed by atoms with E-state index in [0.717, 1.165) is 28.1 Å². The highest BCUT2D eigenvalue weighted by atomic mass is 16.2. The molecule has 5 rings (SSSR count). The van der Waals surface area contributed by atoms with Gasteiger partial charge in [-0.05, 0) is 42.5 Å². The highest BCUT2D eigenvalue weighted by molar-refractivity contribution is 5.81. The van der Waals surface area contributed by atoms with Crippen molar-refractivity contribution < 1.29 is 4.79 Å². The van der Waals surface area contributed by atoms with E-state index in [9.17, 15) is 9.59 Å². The molecule has 1 aliphatic rings. The highest BCUT2D eigenvalue weighted by Crippen LogP contribution is 2.26. The van der Waals surface area contributed by atoms with Gasteiger partial charge in [0, 0.05) is 36.6 Å². The fraction of sp³-hybridized carbons (Fsp3) is 0.241. The molecule has 3 heterocycles. The molecule has 1 atom stereocenters. The zero-order valence-electron chi connectivity index (χ0n) is 20.7. The van der Waals surface area contributed by atoms with Gasteiger partial charge in [0.2, 0.25) is 5.91 Å². The van der Waals surface area contributed by atoms with E-state index in [4.69, 9.17) is 5.73 Å². The number of anilines is 2. The third-order valence-corrected chi connectivity index (χ3v) is 6.91. The lowest BCUT2D eigenvalue weighted by atomic mass is 9.91. The van der Waals surface area contributed by atoms with Crippen LogP contribution in [0, 0.1) is 6.92 Å². The molecule has 1 amide bonds. The Morgan fingerprint density at radius 1 is 1.05 bits per heavy atom. The number of carbonyl (C=O) groups is 1. The number of hydrogen-bond acceptors (Lipinski definition) is 6. The molecule has 0 bridgehead atoms. The molecule has 1 unspecified atom stereocenters. The van der Waals surface area contributed by atoms with Gasteiger partial charge < -0.3 is 16.4 Å². The topological polar surface area (TPSA) is 115 Å². The maximum absolute atomic E-state index is 13.5. The van der Waals surface area contributed by atoms with Gasteiger partial charge in [-0.15, -0.1) is 0 Å². The summed E-state index contributed by atoms with van der Waals surface area (Å²) >= 11 is 0. The van der Waals surface area contributed by atoms with E-state index in [1.807, 2.05) is 49.4 Å². The van der Waals surface area contributed by atoms with E-state index in [-0.39, 0.29) is 23.2 Å². The molecule has 4 N–H and O–H groups in total. The molecule has 0 spiro atoms. The Balaban J connectivity index is 1.33. The Hall–Kier alpha value is -4.46. The zero-order valence-corrected chi connectivity index (χ0v) is 20.7. The molecule has 1 aliphatic heterocycles. The molecule has 0 radical (unpaired) electrons. The number of nitrogens with zero attached hydrogens (tertiary/aromatic N) is 3. The smallest absolute Gasteiger partial charge is 0.294 e. The number of benzene rings is 2. The van der Waals surface area contributed by atoms with Crippen molar-refractivity contribution in [2.45, 2.75) is 38.3 Å². The normalized spacial score (nSPS) is 14.4. The third-order valence-electron chi connectivity index (χ3n) is 6.91. The quantitative estimate of drug-likeness (QED) is 0.345. The van der Waals surface area contributed by atoms with E-state index in [1.54, 1.807) is 16.8 Å². The van der Waals surface area contributed by atoms with Gasteiger partial charge in [-0.3, -0.25) is 14.2 Å². The number of carbonyl (C=O) groups excluding carboxylic acids is 1. The van der Waals surface area contributed by atoms with Gasteiger partial charge in [0.1, 0.15) is 11.9 Å². The second-order valence-corrected chi connectivity index (χ2v) is 9.28. The standard InChI is InChI=1S/C29H30N6O2/c1-19-22(12-15-26(30)34-19)16-33-28(36)25-14-13-23-17-31-27(29(37)35(23)25)32-18-24(20-8-4-2-5-9-20)21-10-6-3-7-11-21/h2-12,15,17,24-25H,13-14,16,18H2,1H3,(H2,30,34)(H,31,32)(H,33,36). The van der Waals surface area contributed by atoms with Gasteiger partial charge in [-0.1, -0.05) is 66.7 Å². The van der Waals surface area contributed by atoms with E-state index < -0.39 is 6.04 Å². The summed E-state index contributed by atoms with van der Waals surface area (Å²) in [4.78, 5) is 35.2. The molecule has 0 saturated carbocycles. The van der Waals surface area contributed by atoms with Gasteiger partial charge in [0.15, 0.2) is 5.82 Å². The summed E-state index contributed by atoms with van der Waals surface area (Å²) in [5, 5.41) is 6.24. The molecule has 2 aromatic heterocycles. The number of pyridine rings is 1. The Labute approximate surface area is 215 Å². The molecule has 4 aromatic rings. The monoisotopic (exact) mass is 494 g/mol. The van der Waals surface area contributed by atoms with Gasteiger partial charge in [-0.25, -0.2) is 9.97 Å². The van der Waals surface area contributed by atoms with E-state index in [2.05, 4.69) is 44.9 Å². The molecular formula is C29H30N6O2. The van der Waals surface area contributed by atoms with Crippen molar-refractivity contribution in [3.8, 4) is 0 Å². The molecule has 0 saturated heterocycles. The van der Waals surface area contributed by atoms with Crippen LogP contribution in [0.3, 0.4) is 0 Å². The van der Waals surface area contributed by atoms with Gasteiger partial charge in [0.25, 0.3) is 5.56 Å². The molecule has 37 heavy (non-hydrogen) atoms. The first-order valence-corrected chi connectivity index (χ1v) is 12.4. The largest absolute Gasteiger partial charge is 0.384 e. The van der Waals surface area contributed by atoms with Gasteiger partial charge in [-0.2, -0.15) is 0 Å². The second kappa shape index (κ2) is 10.7. The Morgan fingerprint density at radius 2 is 1.73 bits per heavy atom. The number of fused-ring (bicyclic) bond motifs is 1. The number of rotatable bonds is 8. The first-order chi connectivity index (χ1) is 18.0. The second-order valence-electron chi connectivity index (χ2n) is 9.28. The van der Waals surface area contributed by atoms with Crippen molar-refractivity contribution in [2.24, 2.45) is 0 Å². The molecule has 2 aromatic carbocycles. The number of nitrogens with two attached hydrogens (primary N) is 1. The van der Waals surface area contributed by atoms with Crippen LogP contribution in [0.15, 0.2) is 83.8 Å². The lowest BCUT2D eigenvalue weighted by Crippen LogP contribution is -2.36. The van der Waals surface area contributed by atoms with Crippen LogP contribution in [0.5, 0.6) is 0 Å². The van der Waals surface area contributed by atoms with Crippen molar-refractivity contribution in [1.82, 2.24) is 19.9 Å². The van der Waals surface area contributed by atoms with Crippen molar-refractivity contribution in [2.75, 3.05) is 17.6 Å². The van der Waals surface area contributed by atoms with Gasteiger partial charge in [0.05, 0.1) is 0 Å². The summed E-state index contributed by atoms with van der Waals surface area (Å²) in [5.74, 6) is 0.537. The Bertz CT molecular complexity index is 1410. The minimum Gasteiger partial charge on any atom is -0.384 e. The van der Waals surface area contributed by atoms with Crippen LogP contribution in [0.4, 0.5) is 11.6 Å². The predicted molar refractivity (Wildman–Crippen MR) is 144 cm³/mol. The number of nitrogens with one attached hydrogen (secondary N) is 2. The number of nitrogen functional groups attached to an aromatic ring is 1. The first kappa shape index (κ1) is 24.2. The van der Waals surface area contributed by atoms with Crippen LogP contribution >= 0.6 is 0 Å². The average Bonchev–Trinajstić information content (AvgIpc) is 3.36. The molecule has 8 heteroatoms. The molecular weight excluding hydrogens is 464 g/mol. The number of aryl methyl sites for hydroxylation is 2. The lowest BCUT2D eigenvalue weighted by molar-refractivity contribution is -0.124. The lowest BCUT2D eigenvalue weighted by Gasteiger charge is -2.20. The summed E-state index contributed by atoms with van der Waals surface area (Å²) in [6.07, 6.45) is 2.88. The van der Waals surface area contributed by atoms with Crippen LogP contribution in [0.25, 0.3) is 0 Å². The molecule has 188 valence electrons. The minimum absolute atomic E-state index is 0.0395. The Kier molecular flexibility index (Phi) is 6.98. The van der Waals surface area contributed by atoms with E-state index >= 15 is 0 Å². The molecule has 0 fully saturated rings. The maximum atomic E-state index is 13.5. The van der Waals surface area contributed by atoms with Crippen molar-refractivity contribution in [3.05, 3.63) is 117 Å². The van der Waals surface area contributed by atoms with Crippen molar-refractivity contribution >= 4 is 17.5 Å². The predicted octanol–water partition coefficient (Wildman–Crippen LogP) is 3.58. The van der Waals surface area contributed by atoms with E-state index in [0.29, 0.717) is 31.7 Å². The third kappa shape index (κ3) is 5.23. The minimum atomic E-state index is -0.577. The summed E-state index contributed by atoms with van der Waals surface area (Å²) in [6, 6.07) is 23.4.